The number of aliphatic hydroxyl groups is 1. The number of nitrogens with one attached hydrogen (secondary N) is 1. The number of carbonyl (C=O) groups is 1. The van der Waals surface area contributed by atoms with Crippen molar-refractivity contribution in [1.82, 2.24) is 15.1 Å². The number of ether oxygens (including phenoxy) is 1. The largest absolute Gasteiger partial charge is 0.497 e. The summed E-state index contributed by atoms with van der Waals surface area (Å²) in [6.45, 7) is 0.294. The molecule has 2 heterocycles. The fourth-order valence-corrected chi connectivity index (χ4v) is 3.47. The van der Waals surface area contributed by atoms with Gasteiger partial charge in [-0.1, -0.05) is 30.3 Å². The first-order valence-electron chi connectivity index (χ1n) is 8.23. The van der Waals surface area contributed by atoms with Gasteiger partial charge in [0.2, 0.25) is 0 Å². The van der Waals surface area contributed by atoms with Gasteiger partial charge in [-0.3, -0.25) is 9.89 Å². The van der Waals surface area contributed by atoms with Crippen molar-refractivity contribution in [2.45, 2.75) is 18.6 Å². The molecule has 1 aliphatic heterocycles. The number of H-pyrrole nitrogens is 1. The number of methoxy groups -OCH3 is 1. The minimum Gasteiger partial charge on any atom is -0.497 e. The van der Waals surface area contributed by atoms with Crippen molar-refractivity contribution < 1.29 is 14.6 Å². The number of hydrogen-bond acceptors (Lipinski definition) is 4. The van der Waals surface area contributed by atoms with E-state index in [0.717, 1.165) is 22.2 Å². The van der Waals surface area contributed by atoms with E-state index in [0.29, 0.717) is 18.7 Å². The lowest BCUT2D eigenvalue weighted by atomic mass is 10.0. The molecule has 6 nitrogen and oxygen atoms in total. The van der Waals surface area contributed by atoms with E-state index in [1.807, 2.05) is 48.5 Å². The van der Waals surface area contributed by atoms with E-state index >= 15 is 0 Å². The number of aromatic nitrogens is 2. The summed E-state index contributed by atoms with van der Waals surface area (Å²) in [5.41, 5.74) is 2.16. The van der Waals surface area contributed by atoms with Crippen LogP contribution in [0, 0.1) is 0 Å². The van der Waals surface area contributed by atoms with Gasteiger partial charge in [-0.25, -0.2) is 0 Å². The van der Waals surface area contributed by atoms with Gasteiger partial charge in [0.05, 0.1) is 24.8 Å². The highest BCUT2D eigenvalue weighted by atomic mass is 16.5. The molecule has 0 radical (unpaired) electrons. The predicted octanol–water partition coefficient (Wildman–Crippen LogP) is 2.52. The van der Waals surface area contributed by atoms with Gasteiger partial charge >= 0.3 is 0 Å². The van der Waals surface area contributed by atoms with Crippen LogP contribution in [0.3, 0.4) is 0 Å². The average molecular weight is 337 g/mol. The second kappa shape index (κ2) is 6.22. The van der Waals surface area contributed by atoms with Crippen LogP contribution < -0.4 is 4.74 Å². The summed E-state index contributed by atoms with van der Waals surface area (Å²) >= 11 is 0. The maximum absolute atomic E-state index is 13.1. The molecular formula is C19H19N3O3. The fourth-order valence-electron chi connectivity index (χ4n) is 3.47. The zero-order chi connectivity index (χ0) is 17.4. The Balaban J connectivity index is 1.70. The van der Waals surface area contributed by atoms with Crippen LogP contribution in [0.5, 0.6) is 5.75 Å². The van der Waals surface area contributed by atoms with E-state index < -0.39 is 6.10 Å². The van der Waals surface area contributed by atoms with Gasteiger partial charge < -0.3 is 14.7 Å². The van der Waals surface area contributed by atoms with Crippen molar-refractivity contribution in [2.75, 3.05) is 13.7 Å². The van der Waals surface area contributed by atoms with Crippen molar-refractivity contribution in [3.63, 3.8) is 0 Å². The van der Waals surface area contributed by atoms with E-state index in [1.54, 1.807) is 12.0 Å². The van der Waals surface area contributed by atoms with Crippen LogP contribution in [-0.4, -0.2) is 45.9 Å². The van der Waals surface area contributed by atoms with Crippen LogP contribution in [-0.2, 0) is 0 Å². The summed E-state index contributed by atoms with van der Waals surface area (Å²) in [7, 11) is 1.61. The molecule has 6 heteroatoms. The lowest BCUT2D eigenvalue weighted by molar-refractivity contribution is 0.0711. The molecule has 1 saturated heterocycles. The molecule has 0 spiro atoms. The number of amides is 1. The molecule has 128 valence electrons. The van der Waals surface area contributed by atoms with Crippen LogP contribution in [0.1, 0.15) is 28.5 Å². The summed E-state index contributed by atoms with van der Waals surface area (Å²) in [5.74, 6) is 0.554. The molecule has 1 amide bonds. The van der Waals surface area contributed by atoms with Gasteiger partial charge in [0.15, 0.2) is 5.69 Å². The SMILES string of the molecule is COc1cccc([C@H]2C[C@@H](O)CN2C(=O)c2n[nH]c3ccccc23)c1. The molecule has 1 fully saturated rings. The van der Waals surface area contributed by atoms with Crippen molar-refractivity contribution in [3.8, 4) is 5.75 Å². The molecule has 4 rings (SSSR count). The maximum Gasteiger partial charge on any atom is 0.275 e. The molecule has 2 N–H and O–H groups in total. The van der Waals surface area contributed by atoms with Crippen molar-refractivity contribution in [1.29, 1.82) is 0 Å². The van der Waals surface area contributed by atoms with E-state index in [9.17, 15) is 9.90 Å². The number of carbonyl (C=O) groups excluding carboxylic acids is 1. The molecule has 0 unspecified atom stereocenters. The summed E-state index contributed by atoms with van der Waals surface area (Å²) < 4.78 is 5.28. The Labute approximate surface area is 145 Å². The van der Waals surface area contributed by atoms with Crippen LogP contribution >= 0.6 is 0 Å². The third-order valence-electron chi connectivity index (χ3n) is 4.69. The number of aromatic amines is 1. The monoisotopic (exact) mass is 337 g/mol. The van der Waals surface area contributed by atoms with E-state index in [4.69, 9.17) is 4.74 Å². The molecule has 2 aromatic carbocycles. The highest BCUT2D eigenvalue weighted by Crippen LogP contribution is 2.35. The quantitative estimate of drug-likeness (QED) is 0.770. The Hall–Kier alpha value is -2.86. The fraction of sp³-hybridized carbons (Fsp3) is 0.263. The second-order valence-corrected chi connectivity index (χ2v) is 6.26. The highest BCUT2D eigenvalue weighted by molar-refractivity contribution is 6.04. The molecule has 1 aromatic heterocycles. The zero-order valence-electron chi connectivity index (χ0n) is 13.8. The number of hydrogen-bond donors (Lipinski definition) is 2. The number of benzene rings is 2. The topological polar surface area (TPSA) is 78.5 Å². The summed E-state index contributed by atoms with van der Waals surface area (Å²) in [6, 6.07) is 15.0. The minimum absolute atomic E-state index is 0.179. The third kappa shape index (κ3) is 2.74. The predicted molar refractivity (Wildman–Crippen MR) is 93.5 cm³/mol. The van der Waals surface area contributed by atoms with Gasteiger partial charge in [0.25, 0.3) is 5.91 Å². The first-order chi connectivity index (χ1) is 12.2. The molecule has 2 atom stereocenters. The van der Waals surface area contributed by atoms with Gasteiger partial charge in [-0.2, -0.15) is 5.10 Å². The molecule has 0 saturated carbocycles. The number of β-amino-alcohol motifs (C(OH)–C–C–N with tert-alkyl or cyclic N) is 1. The smallest absolute Gasteiger partial charge is 0.275 e. The second-order valence-electron chi connectivity index (χ2n) is 6.26. The average Bonchev–Trinajstić information content (AvgIpc) is 3.25. The number of aliphatic hydroxyl groups excluding tert-OH is 1. The van der Waals surface area contributed by atoms with Gasteiger partial charge in [-0.05, 0) is 30.2 Å². The molecular weight excluding hydrogens is 318 g/mol. The Morgan fingerprint density at radius 1 is 1.28 bits per heavy atom. The molecule has 3 aromatic rings. The zero-order valence-corrected chi connectivity index (χ0v) is 13.8. The van der Waals surface area contributed by atoms with E-state index in [2.05, 4.69) is 10.2 Å². The van der Waals surface area contributed by atoms with Crippen molar-refractivity contribution in [3.05, 3.63) is 59.8 Å². The highest BCUT2D eigenvalue weighted by Gasteiger charge is 2.37. The molecule has 0 aliphatic carbocycles. The minimum atomic E-state index is -0.551. The number of rotatable bonds is 3. The summed E-state index contributed by atoms with van der Waals surface area (Å²) in [6.07, 6.45) is -0.0493. The lowest BCUT2D eigenvalue weighted by Gasteiger charge is -2.24. The Bertz CT molecular complexity index is 921. The lowest BCUT2D eigenvalue weighted by Crippen LogP contribution is -2.32. The van der Waals surface area contributed by atoms with E-state index in [-0.39, 0.29) is 11.9 Å². The number of likely N-dealkylation sites (tertiary alicyclic amines) is 1. The van der Waals surface area contributed by atoms with Gasteiger partial charge in [-0.15, -0.1) is 0 Å². The Morgan fingerprint density at radius 2 is 2.12 bits per heavy atom. The van der Waals surface area contributed by atoms with Crippen LogP contribution in [0.2, 0.25) is 0 Å². The van der Waals surface area contributed by atoms with Gasteiger partial charge in [0.1, 0.15) is 5.75 Å². The normalized spacial score (nSPS) is 20.2. The maximum atomic E-state index is 13.1. The summed E-state index contributed by atoms with van der Waals surface area (Å²) in [4.78, 5) is 14.8. The van der Waals surface area contributed by atoms with Crippen molar-refractivity contribution in [2.24, 2.45) is 0 Å². The number of para-hydroxylation sites is 1. The van der Waals surface area contributed by atoms with Gasteiger partial charge in [0, 0.05) is 11.9 Å². The summed E-state index contributed by atoms with van der Waals surface area (Å²) in [5, 5.41) is 18.1. The third-order valence-corrected chi connectivity index (χ3v) is 4.69. The number of fused-ring (bicyclic) bond motifs is 1. The van der Waals surface area contributed by atoms with Crippen molar-refractivity contribution >= 4 is 16.8 Å². The first-order valence-corrected chi connectivity index (χ1v) is 8.23. The molecule has 25 heavy (non-hydrogen) atoms. The van der Waals surface area contributed by atoms with Crippen LogP contribution in [0.25, 0.3) is 10.9 Å². The first kappa shape index (κ1) is 15.7. The number of nitrogens with zero attached hydrogens (tertiary/aromatic N) is 2. The molecule has 0 bridgehead atoms. The molecule has 1 aliphatic rings. The Kier molecular flexibility index (Phi) is 3.89. The van der Waals surface area contributed by atoms with E-state index in [1.165, 1.54) is 0 Å². The van der Waals surface area contributed by atoms with Crippen LogP contribution in [0.4, 0.5) is 0 Å². The standard InChI is InChI=1S/C19H19N3O3/c1-25-14-6-4-5-12(9-14)17-10-13(23)11-22(17)19(24)18-15-7-2-3-8-16(15)20-21-18/h2-9,13,17,23H,10-11H2,1H3,(H,20,21)/t13-,17-/m1/s1. The van der Waals surface area contributed by atoms with Crippen LogP contribution in [0.15, 0.2) is 48.5 Å². The Morgan fingerprint density at radius 3 is 2.96 bits per heavy atom.